The Bertz CT molecular complexity index is 554. The molecule has 1 aliphatic heterocycles. The third-order valence-electron chi connectivity index (χ3n) is 5.09. The monoisotopic (exact) mass is 462 g/mol. The van der Waals surface area contributed by atoms with Crippen molar-refractivity contribution in [1.82, 2.24) is 25.3 Å². The van der Waals surface area contributed by atoms with Crippen LogP contribution in [0, 0.1) is 0 Å². The average Bonchev–Trinajstić information content (AvgIpc) is 3.18. The zero-order valence-electron chi connectivity index (χ0n) is 16.4. The Morgan fingerprint density at radius 1 is 1.24 bits per heavy atom. The average molecular weight is 462 g/mol. The number of likely N-dealkylation sites (N-methyl/N-ethyl adjacent to an activating group) is 1. The zero-order valence-corrected chi connectivity index (χ0v) is 18.8. The van der Waals surface area contributed by atoms with Gasteiger partial charge in [-0.1, -0.05) is 20.8 Å². The number of guanidine groups is 1. The van der Waals surface area contributed by atoms with Crippen molar-refractivity contribution in [2.45, 2.75) is 59.0 Å². The molecule has 2 rings (SSSR count). The van der Waals surface area contributed by atoms with Gasteiger partial charge in [-0.15, -0.1) is 24.0 Å². The smallest absolute Gasteiger partial charge is 0.191 e. The summed E-state index contributed by atoms with van der Waals surface area (Å²) in [6.07, 6.45) is 4.55. The first-order valence-corrected chi connectivity index (χ1v) is 9.36. The zero-order chi connectivity index (χ0) is 17.5. The maximum absolute atomic E-state index is 4.64. The van der Waals surface area contributed by atoms with Crippen molar-refractivity contribution < 1.29 is 0 Å². The van der Waals surface area contributed by atoms with Crippen LogP contribution in [-0.2, 0) is 26.4 Å². The van der Waals surface area contributed by atoms with E-state index in [1.165, 1.54) is 36.3 Å². The number of halogens is 1. The second-order valence-electron chi connectivity index (χ2n) is 6.43. The lowest BCUT2D eigenvalue weighted by Crippen LogP contribution is -2.44. The van der Waals surface area contributed by atoms with Crippen LogP contribution in [0.5, 0.6) is 0 Å². The van der Waals surface area contributed by atoms with E-state index in [-0.39, 0.29) is 24.0 Å². The first kappa shape index (κ1) is 22.2. The molecule has 1 aromatic heterocycles. The maximum Gasteiger partial charge on any atom is 0.191 e. The van der Waals surface area contributed by atoms with Crippen molar-refractivity contribution in [3.63, 3.8) is 0 Å². The van der Waals surface area contributed by atoms with E-state index in [1.807, 2.05) is 18.8 Å². The van der Waals surface area contributed by atoms with Gasteiger partial charge < -0.3 is 10.6 Å². The number of likely N-dealkylation sites (tertiary alicyclic amines) is 1. The molecule has 1 atom stereocenters. The number of hydrogen-bond acceptors (Lipinski definition) is 3. The van der Waals surface area contributed by atoms with Crippen LogP contribution in [0.15, 0.2) is 4.99 Å². The minimum absolute atomic E-state index is 0. The Hall–Kier alpha value is -0.830. The lowest BCUT2D eigenvalue weighted by atomic mass is 10.1. The lowest BCUT2D eigenvalue weighted by Gasteiger charge is -2.24. The molecule has 1 saturated heterocycles. The van der Waals surface area contributed by atoms with Gasteiger partial charge in [0.05, 0.1) is 5.69 Å². The van der Waals surface area contributed by atoms with Crippen molar-refractivity contribution in [2.75, 3.05) is 26.7 Å². The third kappa shape index (κ3) is 5.57. The highest BCUT2D eigenvalue weighted by Gasteiger charge is 2.22. The third-order valence-corrected chi connectivity index (χ3v) is 5.09. The number of aryl methyl sites for hydroxylation is 2. The molecule has 0 aromatic carbocycles. The Morgan fingerprint density at radius 2 is 2.00 bits per heavy atom. The van der Waals surface area contributed by atoms with Crippen LogP contribution in [-0.4, -0.2) is 53.4 Å². The number of aliphatic imine (C=N–C) groups is 1. The molecular formula is C18H35IN6. The van der Waals surface area contributed by atoms with E-state index in [9.17, 15) is 0 Å². The highest BCUT2D eigenvalue weighted by molar-refractivity contribution is 14.0. The van der Waals surface area contributed by atoms with Crippen molar-refractivity contribution in [2.24, 2.45) is 12.0 Å². The maximum atomic E-state index is 4.64. The molecule has 1 aliphatic rings. The van der Waals surface area contributed by atoms with Gasteiger partial charge in [-0.2, -0.15) is 5.10 Å². The van der Waals surface area contributed by atoms with E-state index in [1.54, 1.807) is 0 Å². The fourth-order valence-electron chi connectivity index (χ4n) is 3.74. The summed E-state index contributed by atoms with van der Waals surface area (Å²) in [6, 6.07) is 0.629. The highest BCUT2D eigenvalue weighted by atomic mass is 127. The van der Waals surface area contributed by atoms with Gasteiger partial charge in [-0.25, -0.2) is 0 Å². The topological polar surface area (TPSA) is 57.5 Å². The fourth-order valence-corrected chi connectivity index (χ4v) is 3.74. The summed E-state index contributed by atoms with van der Waals surface area (Å²) in [7, 11) is 3.88. The minimum atomic E-state index is 0. The predicted molar refractivity (Wildman–Crippen MR) is 116 cm³/mol. The van der Waals surface area contributed by atoms with E-state index in [4.69, 9.17) is 0 Å². The van der Waals surface area contributed by atoms with E-state index < -0.39 is 0 Å². The van der Waals surface area contributed by atoms with E-state index >= 15 is 0 Å². The molecule has 6 nitrogen and oxygen atoms in total. The number of hydrogen-bond donors (Lipinski definition) is 2. The molecule has 0 saturated carbocycles. The first-order chi connectivity index (χ1) is 11.6. The molecule has 1 aromatic rings. The summed E-state index contributed by atoms with van der Waals surface area (Å²) in [5.74, 6) is 0.880. The molecule has 0 aliphatic carbocycles. The van der Waals surface area contributed by atoms with Gasteiger partial charge in [-0.05, 0) is 38.8 Å². The summed E-state index contributed by atoms with van der Waals surface area (Å²) in [5.41, 5.74) is 3.81. The quantitative estimate of drug-likeness (QED) is 0.371. The van der Waals surface area contributed by atoms with Crippen LogP contribution in [0.2, 0.25) is 0 Å². The largest absolute Gasteiger partial charge is 0.355 e. The standard InChI is InChI=1S/C18H34N6.HI/c1-6-16-15(17(7-2)23(5)22-16)13-21-18(19-4)20-12-14-10-9-11-24(14)8-3;/h14H,6-13H2,1-5H3,(H2,19,20,21);1H. The molecule has 0 radical (unpaired) electrons. The molecule has 1 unspecified atom stereocenters. The van der Waals surface area contributed by atoms with E-state index in [0.29, 0.717) is 6.04 Å². The summed E-state index contributed by atoms with van der Waals surface area (Å²) in [5, 5.41) is 11.6. The van der Waals surface area contributed by atoms with Crippen LogP contribution < -0.4 is 10.6 Å². The molecule has 1 fully saturated rings. The van der Waals surface area contributed by atoms with E-state index in [0.717, 1.165) is 38.4 Å². The molecular weight excluding hydrogens is 427 g/mol. The van der Waals surface area contributed by atoms with Crippen LogP contribution in [0.4, 0.5) is 0 Å². The summed E-state index contributed by atoms with van der Waals surface area (Å²) < 4.78 is 2.02. The lowest BCUT2D eigenvalue weighted by molar-refractivity contribution is 0.267. The van der Waals surface area contributed by atoms with Gasteiger partial charge in [0.1, 0.15) is 0 Å². The Morgan fingerprint density at radius 3 is 2.60 bits per heavy atom. The van der Waals surface area contributed by atoms with Gasteiger partial charge >= 0.3 is 0 Å². The predicted octanol–water partition coefficient (Wildman–Crippen LogP) is 2.31. The Kier molecular flexibility index (Phi) is 9.78. The normalized spacial score (nSPS) is 18.3. The molecule has 7 heteroatoms. The summed E-state index contributed by atoms with van der Waals surface area (Å²) in [4.78, 5) is 6.93. The number of aromatic nitrogens is 2. The molecule has 0 bridgehead atoms. The molecule has 144 valence electrons. The van der Waals surface area contributed by atoms with Gasteiger partial charge in [0.15, 0.2) is 5.96 Å². The minimum Gasteiger partial charge on any atom is -0.355 e. The van der Waals surface area contributed by atoms with E-state index in [2.05, 4.69) is 46.4 Å². The highest BCUT2D eigenvalue weighted by Crippen LogP contribution is 2.16. The molecule has 2 N–H and O–H groups in total. The van der Waals surface area contributed by atoms with Gasteiger partial charge in [0, 0.05) is 44.5 Å². The molecule has 0 spiro atoms. The number of nitrogens with zero attached hydrogens (tertiary/aromatic N) is 4. The van der Waals surface area contributed by atoms with Crippen molar-refractivity contribution in [3.8, 4) is 0 Å². The number of rotatable bonds is 7. The van der Waals surface area contributed by atoms with Gasteiger partial charge in [0.2, 0.25) is 0 Å². The van der Waals surface area contributed by atoms with Gasteiger partial charge in [-0.3, -0.25) is 14.6 Å². The second-order valence-corrected chi connectivity index (χ2v) is 6.43. The van der Waals surface area contributed by atoms with Gasteiger partial charge in [0.25, 0.3) is 0 Å². The van der Waals surface area contributed by atoms with Crippen LogP contribution in [0.3, 0.4) is 0 Å². The summed E-state index contributed by atoms with van der Waals surface area (Å²) in [6.45, 7) is 10.7. The fraction of sp³-hybridized carbons (Fsp3) is 0.778. The van der Waals surface area contributed by atoms with Crippen LogP contribution >= 0.6 is 24.0 Å². The van der Waals surface area contributed by atoms with Crippen molar-refractivity contribution in [1.29, 1.82) is 0 Å². The molecule has 0 amide bonds. The first-order valence-electron chi connectivity index (χ1n) is 9.36. The van der Waals surface area contributed by atoms with Crippen molar-refractivity contribution in [3.05, 3.63) is 17.0 Å². The summed E-state index contributed by atoms with van der Waals surface area (Å²) >= 11 is 0. The molecule has 2 heterocycles. The van der Waals surface area contributed by atoms with Crippen molar-refractivity contribution >= 4 is 29.9 Å². The molecule has 25 heavy (non-hydrogen) atoms. The van der Waals surface area contributed by atoms with Crippen LogP contribution in [0.1, 0.15) is 50.6 Å². The van der Waals surface area contributed by atoms with Crippen LogP contribution in [0.25, 0.3) is 0 Å². The SMILES string of the molecule is CCc1nn(C)c(CC)c1CNC(=NC)NCC1CCCN1CC.I. The number of nitrogens with one attached hydrogen (secondary N) is 2. The Labute approximate surface area is 169 Å². The second kappa shape index (κ2) is 11.0. The Balaban J connectivity index is 0.00000312.